The molecule has 0 bridgehead atoms. The molecule has 3 nitrogen and oxygen atoms in total. The number of halogens is 2. The molecule has 0 fully saturated rings. The van der Waals surface area contributed by atoms with Gasteiger partial charge in [0, 0.05) is 6.54 Å². The Bertz CT molecular complexity index is 772. The minimum atomic E-state index is -1.01. The van der Waals surface area contributed by atoms with Gasteiger partial charge in [-0.25, -0.2) is 4.79 Å². The molecule has 23 heavy (non-hydrogen) atoms. The third kappa shape index (κ3) is 3.69. The second-order valence-electron chi connectivity index (χ2n) is 5.39. The van der Waals surface area contributed by atoms with E-state index in [4.69, 9.17) is 23.2 Å². The Hall–Kier alpha value is -1.97. The number of hydrogen-bond acceptors (Lipinski definition) is 2. The summed E-state index contributed by atoms with van der Waals surface area (Å²) in [4.78, 5) is 13.4. The van der Waals surface area contributed by atoms with Crippen LogP contribution in [0.5, 0.6) is 0 Å². The number of rotatable bonds is 5. The lowest BCUT2D eigenvalue weighted by Gasteiger charge is -2.29. The molecule has 0 heterocycles. The fourth-order valence-electron chi connectivity index (χ4n) is 2.33. The van der Waals surface area contributed by atoms with Crippen molar-refractivity contribution in [3.05, 3.63) is 69.7 Å². The Kier molecular flexibility index (Phi) is 5.34. The molecule has 2 rings (SSSR count). The van der Waals surface area contributed by atoms with E-state index in [9.17, 15) is 9.90 Å². The van der Waals surface area contributed by atoms with Gasteiger partial charge in [0.05, 0.1) is 27.0 Å². The molecule has 0 aliphatic rings. The summed E-state index contributed by atoms with van der Waals surface area (Å²) in [7, 11) is 0. The number of carbonyl (C=O) groups is 1. The Morgan fingerprint density at radius 2 is 1.87 bits per heavy atom. The van der Waals surface area contributed by atoms with Crippen LogP contribution >= 0.6 is 23.2 Å². The molecule has 0 amide bonds. The molecule has 1 N–H and O–H groups in total. The zero-order valence-corrected chi connectivity index (χ0v) is 14.4. The Morgan fingerprint density at radius 1 is 1.22 bits per heavy atom. The van der Waals surface area contributed by atoms with Gasteiger partial charge in [0.1, 0.15) is 0 Å². The van der Waals surface area contributed by atoms with Crippen LogP contribution in [0.2, 0.25) is 10.0 Å². The van der Waals surface area contributed by atoms with Crippen molar-refractivity contribution in [3.63, 3.8) is 0 Å². The monoisotopic (exact) mass is 349 g/mol. The second-order valence-corrected chi connectivity index (χ2v) is 6.18. The number of para-hydroxylation sites is 1. The van der Waals surface area contributed by atoms with Gasteiger partial charge >= 0.3 is 5.97 Å². The van der Waals surface area contributed by atoms with Gasteiger partial charge in [0.25, 0.3) is 0 Å². The number of nitrogens with zero attached hydrogens (tertiary/aromatic N) is 1. The largest absolute Gasteiger partial charge is 0.478 e. The van der Waals surface area contributed by atoms with Gasteiger partial charge in [-0.2, -0.15) is 0 Å². The molecule has 0 aliphatic heterocycles. The molecule has 0 aromatic heterocycles. The zero-order valence-electron chi connectivity index (χ0n) is 12.9. The number of carboxylic acid groups (broad SMARTS) is 1. The van der Waals surface area contributed by atoms with Crippen molar-refractivity contribution in [2.75, 3.05) is 11.4 Å². The molecule has 0 atom stereocenters. The van der Waals surface area contributed by atoms with E-state index in [1.807, 2.05) is 19.9 Å². The molecule has 0 saturated carbocycles. The van der Waals surface area contributed by atoms with Crippen molar-refractivity contribution in [2.24, 2.45) is 0 Å². The summed E-state index contributed by atoms with van der Waals surface area (Å²) in [6, 6.07) is 10.3. The topological polar surface area (TPSA) is 40.5 Å². The van der Waals surface area contributed by atoms with Crippen molar-refractivity contribution >= 4 is 40.5 Å². The third-order valence-corrected chi connectivity index (χ3v) is 4.17. The fourth-order valence-corrected chi connectivity index (χ4v) is 2.91. The third-order valence-electron chi connectivity index (χ3n) is 3.38. The average Bonchev–Trinajstić information content (AvgIpc) is 2.50. The van der Waals surface area contributed by atoms with Gasteiger partial charge in [-0.15, -0.1) is 0 Å². The van der Waals surface area contributed by atoms with Gasteiger partial charge in [0.15, 0.2) is 0 Å². The molecule has 0 spiro atoms. The summed E-state index contributed by atoms with van der Waals surface area (Å²) in [5.41, 5.74) is 3.02. The predicted molar refractivity (Wildman–Crippen MR) is 96.4 cm³/mol. The van der Waals surface area contributed by atoms with Crippen molar-refractivity contribution in [3.8, 4) is 0 Å². The first-order valence-corrected chi connectivity index (χ1v) is 7.77. The molecule has 2 aromatic carbocycles. The summed E-state index contributed by atoms with van der Waals surface area (Å²) >= 11 is 12.8. The van der Waals surface area contributed by atoms with Crippen LogP contribution in [-0.4, -0.2) is 17.6 Å². The number of hydrogen-bond donors (Lipinski definition) is 1. The summed E-state index contributed by atoms with van der Waals surface area (Å²) in [5, 5.41) is 10.4. The average molecular weight is 350 g/mol. The number of anilines is 2. The number of carboxylic acids is 1. The minimum Gasteiger partial charge on any atom is -0.478 e. The maximum Gasteiger partial charge on any atom is 0.337 e. The quantitative estimate of drug-likeness (QED) is 0.702. The van der Waals surface area contributed by atoms with E-state index in [0.29, 0.717) is 28.0 Å². The summed E-state index contributed by atoms with van der Waals surface area (Å²) in [5.74, 6) is -1.01. The van der Waals surface area contributed by atoms with Gasteiger partial charge in [-0.1, -0.05) is 53.6 Å². The first-order chi connectivity index (χ1) is 10.8. The van der Waals surface area contributed by atoms with Crippen LogP contribution in [0.4, 0.5) is 11.4 Å². The number of benzene rings is 2. The van der Waals surface area contributed by atoms with Crippen LogP contribution in [0.25, 0.3) is 0 Å². The molecule has 0 radical (unpaired) electrons. The Labute approximate surface area is 145 Å². The van der Waals surface area contributed by atoms with Crippen molar-refractivity contribution in [1.29, 1.82) is 0 Å². The van der Waals surface area contributed by atoms with Crippen LogP contribution in [0, 0.1) is 6.92 Å². The van der Waals surface area contributed by atoms with E-state index < -0.39 is 5.97 Å². The van der Waals surface area contributed by atoms with E-state index in [1.165, 1.54) is 0 Å². The van der Waals surface area contributed by atoms with Gasteiger partial charge in [0.2, 0.25) is 0 Å². The van der Waals surface area contributed by atoms with Gasteiger partial charge in [-0.3, -0.25) is 0 Å². The maximum absolute atomic E-state index is 11.6. The Balaban J connectivity index is 2.72. The van der Waals surface area contributed by atoms with E-state index in [-0.39, 0.29) is 5.56 Å². The molecular weight excluding hydrogens is 333 g/mol. The summed E-state index contributed by atoms with van der Waals surface area (Å²) in [6.45, 7) is 8.09. The standard InChI is InChI=1S/C18H17Cl2NO2/c1-11(2)10-21(15-7-5-4-6-13(15)18(22)23)17-14(19)9-8-12(3)16(17)20/h4-9H,1,10H2,2-3H3,(H,22,23). The van der Waals surface area contributed by atoms with E-state index in [2.05, 4.69) is 6.58 Å². The first-order valence-electron chi connectivity index (χ1n) is 7.01. The molecule has 0 unspecified atom stereocenters. The lowest BCUT2D eigenvalue weighted by atomic mass is 10.1. The molecule has 0 aliphatic carbocycles. The number of aryl methyl sites for hydroxylation is 1. The van der Waals surface area contributed by atoms with Crippen molar-refractivity contribution < 1.29 is 9.90 Å². The van der Waals surface area contributed by atoms with Gasteiger partial charge in [-0.05, 0) is 37.6 Å². The summed E-state index contributed by atoms with van der Waals surface area (Å²) < 4.78 is 0. The fraction of sp³-hybridized carbons (Fsp3) is 0.167. The van der Waals surface area contributed by atoms with E-state index >= 15 is 0 Å². The molecule has 120 valence electrons. The van der Waals surface area contributed by atoms with Crippen LogP contribution in [0.15, 0.2) is 48.6 Å². The smallest absolute Gasteiger partial charge is 0.337 e. The molecule has 5 heteroatoms. The number of aromatic carboxylic acids is 1. The minimum absolute atomic E-state index is 0.183. The molecule has 2 aromatic rings. The molecular formula is C18H17Cl2NO2. The predicted octanol–water partition coefficient (Wildman–Crippen LogP) is 5.71. The van der Waals surface area contributed by atoms with E-state index in [1.54, 1.807) is 35.2 Å². The highest BCUT2D eigenvalue weighted by atomic mass is 35.5. The highest BCUT2D eigenvalue weighted by molar-refractivity contribution is 6.40. The SMILES string of the molecule is C=C(C)CN(c1ccccc1C(=O)O)c1c(Cl)ccc(C)c1Cl. The Morgan fingerprint density at radius 3 is 2.48 bits per heavy atom. The maximum atomic E-state index is 11.6. The van der Waals surface area contributed by atoms with Crippen LogP contribution in [0.3, 0.4) is 0 Å². The van der Waals surface area contributed by atoms with Crippen LogP contribution < -0.4 is 4.90 Å². The van der Waals surface area contributed by atoms with Crippen LogP contribution in [0.1, 0.15) is 22.8 Å². The normalized spacial score (nSPS) is 10.4. The highest BCUT2D eigenvalue weighted by Crippen LogP contribution is 2.41. The lowest BCUT2D eigenvalue weighted by Crippen LogP contribution is -2.22. The van der Waals surface area contributed by atoms with Crippen LogP contribution in [-0.2, 0) is 0 Å². The van der Waals surface area contributed by atoms with Crippen molar-refractivity contribution in [2.45, 2.75) is 13.8 Å². The zero-order chi connectivity index (χ0) is 17.1. The molecule has 0 saturated heterocycles. The van der Waals surface area contributed by atoms with Gasteiger partial charge < -0.3 is 10.0 Å². The summed E-state index contributed by atoms with van der Waals surface area (Å²) in [6.07, 6.45) is 0. The lowest BCUT2D eigenvalue weighted by molar-refractivity contribution is 0.0697. The van der Waals surface area contributed by atoms with Crippen molar-refractivity contribution in [1.82, 2.24) is 0 Å². The van der Waals surface area contributed by atoms with E-state index in [0.717, 1.165) is 11.1 Å². The highest BCUT2D eigenvalue weighted by Gasteiger charge is 2.22. The first kappa shape index (κ1) is 17.4. The second kappa shape index (κ2) is 7.07.